The van der Waals surface area contributed by atoms with E-state index in [4.69, 9.17) is 21.1 Å². The Balaban J connectivity index is 1.83. The number of benzene rings is 2. The number of aromatic nitrogens is 3. The van der Waals surface area contributed by atoms with Crippen molar-refractivity contribution in [1.82, 2.24) is 15.2 Å². The van der Waals surface area contributed by atoms with Crippen LogP contribution in [0.5, 0.6) is 5.75 Å². The summed E-state index contributed by atoms with van der Waals surface area (Å²) in [6.07, 6.45) is 1.44. The maximum Gasteiger partial charge on any atom is 0.337 e. The van der Waals surface area contributed by atoms with Gasteiger partial charge >= 0.3 is 5.97 Å². The molecule has 3 aromatic rings. The van der Waals surface area contributed by atoms with Gasteiger partial charge in [0, 0.05) is 0 Å². The van der Waals surface area contributed by atoms with Gasteiger partial charge in [0.2, 0.25) is 5.95 Å². The number of rotatable bonds is 6. The number of nitrogens with one attached hydrogen (secondary N) is 2. The molecule has 3 rings (SSSR count). The van der Waals surface area contributed by atoms with Crippen molar-refractivity contribution in [3.05, 3.63) is 59.2 Å². The number of carbonyl (C=O) groups excluding carboxylic acids is 1. The lowest BCUT2D eigenvalue weighted by Crippen LogP contribution is -2.05. The third-order valence-corrected chi connectivity index (χ3v) is 3.89. The number of methoxy groups -OCH3 is 2. The van der Waals surface area contributed by atoms with Crippen molar-refractivity contribution < 1.29 is 14.3 Å². The number of para-hydroxylation sites is 2. The second kappa shape index (κ2) is 8.33. The standard InChI is InChI=1S/C18H16ClN5O3/c1-26-15-6-4-3-5-13(15)22-18-23-16(10-20-24-18)21-14-9-11(17(25)27-2)7-8-12(14)19/h3-10H,1-2H3,(H2,21,22,23,24). The predicted octanol–water partition coefficient (Wildman–Crippen LogP) is 3.81. The van der Waals surface area contributed by atoms with E-state index in [9.17, 15) is 4.79 Å². The molecule has 138 valence electrons. The van der Waals surface area contributed by atoms with Crippen LogP contribution in [-0.4, -0.2) is 35.4 Å². The molecule has 0 aliphatic carbocycles. The van der Waals surface area contributed by atoms with Crippen molar-refractivity contribution in [2.45, 2.75) is 0 Å². The first kappa shape index (κ1) is 18.4. The molecule has 0 unspecified atom stereocenters. The lowest BCUT2D eigenvalue weighted by Gasteiger charge is -2.11. The second-order valence-corrected chi connectivity index (χ2v) is 5.71. The molecular weight excluding hydrogens is 370 g/mol. The highest BCUT2D eigenvalue weighted by Crippen LogP contribution is 2.28. The molecule has 2 aromatic carbocycles. The Morgan fingerprint density at radius 3 is 2.67 bits per heavy atom. The molecule has 0 spiro atoms. The molecule has 1 heterocycles. The van der Waals surface area contributed by atoms with Crippen LogP contribution < -0.4 is 15.4 Å². The van der Waals surface area contributed by atoms with Gasteiger partial charge in [0.15, 0.2) is 5.82 Å². The van der Waals surface area contributed by atoms with E-state index in [0.717, 1.165) is 0 Å². The van der Waals surface area contributed by atoms with Gasteiger partial charge in [-0.15, -0.1) is 5.10 Å². The fourth-order valence-electron chi connectivity index (χ4n) is 2.29. The molecule has 0 atom stereocenters. The minimum Gasteiger partial charge on any atom is -0.495 e. The summed E-state index contributed by atoms with van der Waals surface area (Å²) in [4.78, 5) is 16.0. The van der Waals surface area contributed by atoms with Crippen LogP contribution in [0.25, 0.3) is 0 Å². The maximum absolute atomic E-state index is 11.7. The molecule has 0 aliphatic rings. The van der Waals surface area contributed by atoms with E-state index in [1.54, 1.807) is 25.3 Å². The molecule has 0 radical (unpaired) electrons. The Hall–Kier alpha value is -3.39. The summed E-state index contributed by atoms with van der Waals surface area (Å²) in [6.45, 7) is 0. The van der Waals surface area contributed by atoms with E-state index in [1.165, 1.54) is 13.3 Å². The Bertz CT molecular complexity index is 967. The summed E-state index contributed by atoms with van der Waals surface area (Å²) in [5, 5.41) is 14.4. The van der Waals surface area contributed by atoms with Crippen molar-refractivity contribution in [3.8, 4) is 5.75 Å². The summed E-state index contributed by atoms with van der Waals surface area (Å²) in [5.41, 5.74) is 1.55. The molecule has 2 N–H and O–H groups in total. The summed E-state index contributed by atoms with van der Waals surface area (Å²) < 4.78 is 10.0. The molecule has 0 fully saturated rings. The zero-order valence-corrected chi connectivity index (χ0v) is 15.3. The van der Waals surface area contributed by atoms with Gasteiger partial charge in [-0.25, -0.2) is 4.79 Å². The van der Waals surface area contributed by atoms with Gasteiger partial charge < -0.3 is 20.1 Å². The van der Waals surface area contributed by atoms with Crippen LogP contribution >= 0.6 is 11.6 Å². The number of esters is 1. The lowest BCUT2D eigenvalue weighted by atomic mass is 10.2. The third-order valence-electron chi connectivity index (χ3n) is 3.56. The molecule has 8 nitrogen and oxygen atoms in total. The monoisotopic (exact) mass is 385 g/mol. The van der Waals surface area contributed by atoms with E-state index >= 15 is 0 Å². The van der Waals surface area contributed by atoms with Crippen LogP contribution in [0.3, 0.4) is 0 Å². The number of hydrogen-bond acceptors (Lipinski definition) is 8. The molecule has 0 bridgehead atoms. The zero-order valence-electron chi connectivity index (χ0n) is 14.6. The van der Waals surface area contributed by atoms with E-state index < -0.39 is 5.97 Å². The van der Waals surface area contributed by atoms with E-state index in [-0.39, 0.29) is 5.95 Å². The van der Waals surface area contributed by atoms with E-state index in [2.05, 4.69) is 25.8 Å². The minimum absolute atomic E-state index is 0.268. The first-order valence-electron chi connectivity index (χ1n) is 7.85. The van der Waals surface area contributed by atoms with Crippen LogP contribution in [0.15, 0.2) is 48.7 Å². The number of ether oxygens (including phenoxy) is 2. The average molecular weight is 386 g/mol. The van der Waals surface area contributed by atoms with Crippen LogP contribution in [0.1, 0.15) is 10.4 Å². The summed E-state index contributed by atoms with van der Waals surface area (Å²) in [5.74, 6) is 0.846. The zero-order chi connectivity index (χ0) is 19.2. The van der Waals surface area contributed by atoms with Gasteiger partial charge in [0.25, 0.3) is 0 Å². The maximum atomic E-state index is 11.7. The smallest absolute Gasteiger partial charge is 0.337 e. The fourth-order valence-corrected chi connectivity index (χ4v) is 2.45. The van der Waals surface area contributed by atoms with Gasteiger partial charge in [-0.2, -0.15) is 10.1 Å². The van der Waals surface area contributed by atoms with Gasteiger partial charge in [0.05, 0.1) is 42.4 Å². The predicted molar refractivity (Wildman–Crippen MR) is 102 cm³/mol. The Morgan fingerprint density at radius 2 is 1.89 bits per heavy atom. The topological polar surface area (TPSA) is 98.3 Å². The largest absolute Gasteiger partial charge is 0.495 e. The van der Waals surface area contributed by atoms with Gasteiger partial charge in [-0.1, -0.05) is 23.7 Å². The van der Waals surface area contributed by atoms with Crippen LogP contribution in [-0.2, 0) is 4.74 Å². The van der Waals surface area contributed by atoms with Gasteiger partial charge in [-0.05, 0) is 30.3 Å². The molecule has 27 heavy (non-hydrogen) atoms. The highest BCUT2D eigenvalue weighted by atomic mass is 35.5. The summed E-state index contributed by atoms with van der Waals surface area (Å²) in [6, 6.07) is 12.1. The molecular formula is C18H16ClN5O3. The number of halogens is 1. The third kappa shape index (κ3) is 4.42. The number of anilines is 4. The normalized spacial score (nSPS) is 10.2. The number of carbonyl (C=O) groups is 1. The number of hydrogen-bond donors (Lipinski definition) is 2. The van der Waals surface area contributed by atoms with Crippen LogP contribution in [0.4, 0.5) is 23.1 Å². The SMILES string of the molecule is COC(=O)c1ccc(Cl)c(Nc2cnnc(Nc3ccccc3OC)n2)c1. The molecule has 0 amide bonds. The highest BCUT2D eigenvalue weighted by Gasteiger charge is 2.11. The molecule has 9 heteroatoms. The molecule has 0 aliphatic heterocycles. The quantitative estimate of drug-likeness (QED) is 0.618. The van der Waals surface area contributed by atoms with Crippen molar-refractivity contribution >= 4 is 40.7 Å². The van der Waals surface area contributed by atoms with Gasteiger partial charge in [-0.3, -0.25) is 0 Å². The summed E-state index contributed by atoms with van der Waals surface area (Å²) >= 11 is 6.19. The van der Waals surface area contributed by atoms with Crippen molar-refractivity contribution in [1.29, 1.82) is 0 Å². The highest BCUT2D eigenvalue weighted by molar-refractivity contribution is 6.33. The Labute approximate surface area is 160 Å². The van der Waals surface area contributed by atoms with E-state index in [1.807, 2.05) is 24.3 Å². The fraction of sp³-hybridized carbons (Fsp3) is 0.111. The minimum atomic E-state index is -0.464. The van der Waals surface area contributed by atoms with Crippen molar-refractivity contribution in [3.63, 3.8) is 0 Å². The molecule has 0 saturated heterocycles. The lowest BCUT2D eigenvalue weighted by molar-refractivity contribution is 0.0601. The second-order valence-electron chi connectivity index (χ2n) is 5.30. The van der Waals surface area contributed by atoms with E-state index in [0.29, 0.717) is 33.5 Å². The first-order valence-corrected chi connectivity index (χ1v) is 8.23. The first-order chi connectivity index (χ1) is 13.1. The van der Waals surface area contributed by atoms with Crippen molar-refractivity contribution in [2.24, 2.45) is 0 Å². The Morgan fingerprint density at radius 1 is 1.07 bits per heavy atom. The molecule has 1 aromatic heterocycles. The molecule has 0 saturated carbocycles. The summed E-state index contributed by atoms with van der Waals surface area (Å²) in [7, 11) is 2.89. The number of nitrogens with zero attached hydrogens (tertiary/aromatic N) is 3. The van der Waals surface area contributed by atoms with Gasteiger partial charge in [0.1, 0.15) is 5.75 Å². The Kier molecular flexibility index (Phi) is 5.68. The van der Waals surface area contributed by atoms with Crippen LogP contribution in [0, 0.1) is 0 Å². The van der Waals surface area contributed by atoms with Crippen molar-refractivity contribution in [2.75, 3.05) is 24.9 Å². The average Bonchev–Trinajstić information content (AvgIpc) is 2.70. The van der Waals surface area contributed by atoms with Crippen LogP contribution in [0.2, 0.25) is 5.02 Å².